The second kappa shape index (κ2) is 15.8. The first kappa shape index (κ1) is 39.6. The summed E-state index contributed by atoms with van der Waals surface area (Å²) < 4.78 is 147. The number of phenols is 1. The molecule has 0 saturated carbocycles. The van der Waals surface area contributed by atoms with E-state index in [9.17, 15) is 48.3 Å². The minimum absolute atomic E-state index is 0.0146. The Morgan fingerprint density at radius 1 is 0.633 bits per heavy atom. The van der Waals surface area contributed by atoms with E-state index in [1.807, 2.05) is 0 Å². The molecule has 0 radical (unpaired) electrons. The fourth-order valence-corrected chi connectivity index (χ4v) is 7.57. The van der Waals surface area contributed by atoms with Crippen LogP contribution < -0.4 is 4.18 Å². The number of rotatable bonds is 13. The van der Waals surface area contributed by atoms with Crippen LogP contribution in [0.5, 0.6) is 11.5 Å². The number of methoxy groups -OCH3 is 2. The molecule has 4 aromatic rings. The molecule has 9 nitrogen and oxygen atoms in total. The number of hydrogen-bond donors (Lipinski definition) is 2. The summed E-state index contributed by atoms with van der Waals surface area (Å²) in [6.45, 7) is -0.902. The number of phenolic OH excluding ortho intramolecular Hbond substituents is 1. The lowest BCUT2D eigenvalue weighted by Crippen LogP contribution is -2.61. The van der Waals surface area contributed by atoms with E-state index in [2.05, 4.69) is 105 Å². The first-order chi connectivity index (χ1) is 22.8. The molecular formula is C31H29F6O9S3+. The van der Waals surface area contributed by atoms with Crippen molar-refractivity contribution in [3.63, 3.8) is 0 Å². The molecule has 0 unspecified atom stereocenters. The molecule has 0 heterocycles. The van der Waals surface area contributed by atoms with Gasteiger partial charge >= 0.3 is 36.7 Å². The van der Waals surface area contributed by atoms with E-state index < -0.39 is 61.4 Å². The zero-order valence-corrected chi connectivity index (χ0v) is 27.9. The van der Waals surface area contributed by atoms with Gasteiger partial charge in [-0.25, -0.2) is 0 Å². The number of ether oxygens (including phenoxy) is 2. The van der Waals surface area contributed by atoms with Crippen LogP contribution in [0.25, 0.3) is 0 Å². The second-order valence-electron chi connectivity index (χ2n) is 9.82. The van der Waals surface area contributed by atoms with Crippen molar-refractivity contribution in [1.82, 2.24) is 0 Å². The summed E-state index contributed by atoms with van der Waals surface area (Å²) in [4.78, 5) is 4.08. The van der Waals surface area contributed by atoms with Crippen LogP contribution in [0.3, 0.4) is 0 Å². The van der Waals surface area contributed by atoms with Crippen LogP contribution in [0.15, 0.2) is 118 Å². The molecule has 0 aromatic heterocycles. The van der Waals surface area contributed by atoms with Crippen molar-refractivity contribution < 1.29 is 66.5 Å². The average Bonchev–Trinajstić information content (AvgIpc) is 3.04. The molecule has 0 aliphatic carbocycles. The molecule has 0 saturated heterocycles. The molecule has 266 valence electrons. The molecule has 0 aliphatic heterocycles. The van der Waals surface area contributed by atoms with Crippen molar-refractivity contribution in [3.8, 4) is 11.5 Å². The highest BCUT2D eigenvalue weighted by atomic mass is 32.2. The number of hydrogen-bond acceptors (Lipinski definition) is 8. The summed E-state index contributed by atoms with van der Waals surface area (Å²) in [5.74, 6) is -8.84. The van der Waals surface area contributed by atoms with Crippen LogP contribution >= 0.6 is 0 Å². The quantitative estimate of drug-likeness (QED) is 0.0648. The third kappa shape index (κ3) is 8.68. The molecule has 4 aromatic carbocycles. The van der Waals surface area contributed by atoms with E-state index in [0.29, 0.717) is 12.1 Å². The molecule has 18 heteroatoms. The third-order valence-corrected chi connectivity index (χ3v) is 10.8. The van der Waals surface area contributed by atoms with Crippen molar-refractivity contribution in [1.29, 1.82) is 0 Å². The summed E-state index contributed by atoms with van der Waals surface area (Å²) in [7, 11) is -11.9. The highest BCUT2D eigenvalue weighted by molar-refractivity contribution is 7.97. The van der Waals surface area contributed by atoms with Crippen molar-refractivity contribution in [2.24, 2.45) is 0 Å². The molecule has 49 heavy (non-hydrogen) atoms. The summed E-state index contributed by atoms with van der Waals surface area (Å²) in [6, 6.07) is 33.3. The summed E-state index contributed by atoms with van der Waals surface area (Å²) in [6.07, 6.45) is 0. The maximum atomic E-state index is 13.9. The predicted molar refractivity (Wildman–Crippen MR) is 167 cm³/mol. The Morgan fingerprint density at radius 2 is 0.980 bits per heavy atom. The lowest BCUT2D eigenvalue weighted by atomic mass is 10.1. The molecule has 0 aliphatic rings. The van der Waals surface area contributed by atoms with Gasteiger partial charge in [-0.3, -0.25) is 4.55 Å². The second-order valence-corrected chi connectivity index (χ2v) is 14.9. The fraction of sp³-hybridized carbons (Fsp3) is 0.226. The topological polar surface area (TPSA) is 136 Å². The van der Waals surface area contributed by atoms with Gasteiger partial charge in [-0.15, -0.1) is 0 Å². The van der Waals surface area contributed by atoms with Crippen molar-refractivity contribution in [2.75, 3.05) is 14.2 Å². The molecule has 0 amide bonds. The largest absolute Gasteiger partial charge is 0.507 e. The Balaban J connectivity index is 0.000000291. The average molecular weight is 756 g/mol. The minimum atomic E-state index is -7.16. The monoisotopic (exact) mass is 755 g/mol. The Kier molecular flexibility index (Phi) is 12.8. The summed E-state index contributed by atoms with van der Waals surface area (Å²) in [5.41, 5.74) is -0.564. The van der Waals surface area contributed by atoms with Gasteiger partial charge in [0.05, 0.1) is 24.1 Å². The van der Waals surface area contributed by atoms with Gasteiger partial charge in [0.2, 0.25) is 0 Å². The zero-order chi connectivity index (χ0) is 36.7. The van der Waals surface area contributed by atoms with Crippen molar-refractivity contribution >= 4 is 31.1 Å². The number of aromatic hydroxyl groups is 1. The third-order valence-electron chi connectivity index (χ3n) is 6.35. The fourth-order valence-electron chi connectivity index (χ4n) is 4.05. The minimum Gasteiger partial charge on any atom is -0.507 e. The van der Waals surface area contributed by atoms with Crippen molar-refractivity contribution in [3.05, 3.63) is 114 Å². The Morgan fingerprint density at radius 3 is 1.29 bits per heavy atom. The van der Waals surface area contributed by atoms with Gasteiger partial charge in [0.15, 0.2) is 14.7 Å². The maximum absolute atomic E-state index is 13.9. The van der Waals surface area contributed by atoms with Gasteiger partial charge in [-0.1, -0.05) is 54.6 Å². The molecule has 0 bridgehead atoms. The first-order valence-electron chi connectivity index (χ1n) is 13.6. The lowest BCUT2D eigenvalue weighted by Gasteiger charge is -2.29. The van der Waals surface area contributed by atoms with E-state index >= 15 is 0 Å². The number of halogens is 6. The molecular weight excluding hydrogens is 727 g/mol. The van der Waals surface area contributed by atoms with E-state index in [1.165, 1.54) is 14.7 Å². The molecule has 0 atom stereocenters. The Hall–Kier alpha value is -3.81. The van der Waals surface area contributed by atoms with Gasteiger partial charge < -0.3 is 18.8 Å². The van der Waals surface area contributed by atoms with Crippen LogP contribution in [-0.4, -0.2) is 57.1 Å². The smallest absolute Gasteiger partial charge is 0.450 e. The molecule has 4 rings (SSSR count). The Labute approximate surface area is 281 Å². The Bertz CT molecular complexity index is 1780. The van der Waals surface area contributed by atoms with Gasteiger partial charge in [0, 0.05) is 25.3 Å². The standard InChI is InChI=1S/C18H15S.C13H14F6O9S2/c1-4-10-16(11-5-1)19(17-12-6-2-7-13-17)18-14-8-3-9-15-18;1-26-5-7-3-9(4-8(6-27-2)10(7)20)28-30(24,25)13(18,19)11(14,15)12(16,17)29(21,22)23/h1-15H;3-4,20H,5-6H2,1-2H3,(H,21,22,23)/q+1;. The summed E-state index contributed by atoms with van der Waals surface area (Å²) >= 11 is 0. The van der Waals surface area contributed by atoms with Gasteiger partial charge in [0.1, 0.15) is 11.5 Å². The van der Waals surface area contributed by atoms with Crippen LogP contribution in [0.4, 0.5) is 26.3 Å². The summed E-state index contributed by atoms with van der Waals surface area (Å²) in [5, 5.41) is -3.79. The number of alkyl halides is 6. The lowest BCUT2D eigenvalue weighted by molar-refractivity contribution is -0.247. The normalized spacial score (nSPS) is 12.7. The van der Waals surface area contributed by atoms with Gasteiger partial charge in [-0.2, -0.15) is 43.2 Å². The van der Waals surface area contributed by atoms with E-state index in [-0.39, 0.29) is 22.0 Å². The van der Waals surface area contributed by atoms with Crippen LogP contribution in [0.2, 0.25) is 0 Å². The van der Waals surface area contributed by atoms with Crippen molar-refractivity contribution in [2.45, 2.75) is 44.3 Å². The molecule has 0 spiro atoms. The first-order valence-corrected chi connectivity index (χ1v) is 17.7. The van der Waals surface area contributed by atoms with Crippen LogP contribution in [0.1, 0.15) is 11.1 Å². The zero-order valence-electron chi connectivity index (χ0n) is 25.5. The number of benzene rings is 4. The highest BCUT2D eigenvalue weighted by Crippen LogP contribution is 2.51. The van der Waals surface area contributed by atoms with Crippen LogP contribution in [-0.2, 0) is 53.8 Å². The molecule has 0 fully saturated rings. The molecule has 2 N–H and O–H groups in total. The van der Waals surface area contributed by atoms with E-state index in [0.717, 1.165) is 14.2 Å². The van der Waals surface area contributed by atoms with E-state index in [4.69, 9.17) is 4.55 Å². The predicted octanol–water partition coefficient (Wildman–Crippen LogP) is 6.88. The SMILES string of the molecule is COCc1cc(OS(=O)(=O)C(F)(F)C(F)(F)C(F)(F)S(=O)(=O)O)cc(COC)c1O.c1ccc([S+](c2ccccc2)c2ccccc2)cc1. The highest BCUT2D eigenvalue weighted by Gasteiger charge is 2.83. The van der Waals surface area contributed by atoms with Crippen LogP contribution in [0, 0.1) is 0 Å². The van der Waals surface area contributed by atoms with Gasteiger partial charge in [-0.05, 0) is 48.5 Å². The maximum Gasteiger partial charge on any atom is 0.450 e. The van der Waals surface area contributed by atoms with Gasteiger partial charge in [0.25, 0.3) is 0 Å². The van der Waals surface area contributed by atoms with E-state index in [1.54, 1.807) is 0 Å².